The molecule has 5 rings (SSSR count). The fraction of sp³-hybridized carbons (Fsp3) is 0.318. The average Bonchev–Trinajstić information content (AvgIpc) is 3.12. The highest BCUT2D eigenvalue weighted by molar-refractivity contribution is 7.17. The highest BCUT2D eigenvalue weighted by Gasteiger charge is 2.57. The van der Waals surface area contributed by atoms with Gasteiger partial charge in [0.15, 0.2) is 5.13 Å². The summed E-state index contributed by atoms with van der Waals surface area (Å²) < 4.78 is 0. The second-order valence-electron chi connectivity index (χ2n) is 8.37. The second-order valence-corrected chi connectivity index (χ2v) is 10.5. The molecule has 0 spiro atoms. The zero-order valence-corrected chi connectivity index (χ0v) is 20.4. The van der Waals surface area contributed by atoms with Crippen molar-refractivity contribution in [1.82, 2.24) is 15.3 Å². The molecular formula is C22H19Cl3N4O3S. The van der Waals surface area contributed by atoms with E-state index in [-0.39, 0.29) is 39.4 Å². The van der Waals surface area contributed by atoms with Crippen LogP contribution in [0.5, 0.6) is 0 Å². The molecule has 3 atom stereocenters. The van der Waals surface area contributed by atoms with Crippen LogP contribution in [0, 0.1) is 18.8 Å². The van der Waals surface area contributed by atoms with Gasteiger partial charge >= 0.3 is 5.97 Å². The van der Waals surface area contributed by atoms with Crippen molar-refractivity contribution in [3.8, 4) is 0 Å². The van der Waals surface area contributed by atoms with Gasteiger partial charge in [-0.05, 0) is 24.6 Å². The Morgan fingerprint density at radius 2 is 1.97 bits per heavy atom. The Balaban J connectivity index is 1.25. The molecule has 2 aliphatic rings. The lowest BCUT2D eigenvalue weighted by atomic mass is 10.1. The highest BCUT2D eigenvalue weighted by atomic mass is 35.5. The van der Waals surface area contributed by atoms with E-state index < -0.39 is 5.97 Å². The lowest BCUT2D eigenvalue weighted by Gasteiger charge is -2.19. The number of rotatable bonds is 6. The number of aromatic carboxylic acids is 1. The van der Waals surface area contributed by atoms with Crippen molar-refractivity contribution in [3.05, 3.63) is 66.9 Å². The van der Waals surface area contributed by atoms with E-state index in [1.54, 1.807) is 13.0 Å². The first-order valence-corrected chi connectivity index (χ1v) is 12.2. The largest absolute Gasteiger partial charge is 0.477 e. The van der Waals surface area contributed by atoms with E-state index in [0.717, 1.165) is 5.56 Å². The molecule has 3 N–H and O–H groups in total. The molecule has 1 aromatic carbocycles. The molecule has 3 aromatic rings. The molecular weight excluding hydrogens is 507 g/mol. The molecule has 1 amide bonds. The lowest BCUT2D eigenvalue weighted by Crippen LogP contribution is -2.34. The summed E-state index contributed by atoms with van der Waals surface area (Å²) in [5.74, 6) is -0.685. The van der Waals surface area contributed by atoms with E-state index in [1.807, 2.05) is 18.2 Å². The molecule has 0 radical (unpaired) electrons. The number of anilines is 1. The number of amides is 1. The van der Waals surface area contributed by atoms with E-state index in [1.165, 1.54) is 11.3 Å². The monoisotopic (exact) mass is 524 g/mol. The van der Waals surface area contributed by atoms with Crippen LogP contribution >= 0.6 is 46.1 Å². The first-order chi connectivity index (χ1) is 15.7. The summed E-state index contributed by atoms with van der Waals surface area (Å²) in [7, 11) is 0. The topological polar surface area (TPSA) is 98.3 Å². The fourth-order valence-corrected chi connectivity index (χ4v) is 6.02. The number of carbonyl (C=O) groups is 2. The van der Waals surface area contributed by atoms with E-state index >= 15 is 0 Å². The summed E-state index contributed by atoms with van der Waals surface area (Å²) in [4.78, 5) is 34.3. The Morgan fingerprint density at radius 1 is 1.24 bits per heavy atom. The zero-order valence-electron chi connectivity index (χ0n) is 17.4. The Morgan fingerprint density at radius 3 is 2.58 bits per heavy atom. The number of carboxylic acids is 1. The molecule has 172 valence electrons. The third-order valence-electron chi connectivity index (χ3n) is 6.18. The lowest BCUT2D eigenvalue weighted by molar-refractivity contribution is 0.0700. The van der Waals surface area contributed by atoms with Crippen molar-refractivity contribution >= 4 is 63.1 Å². The van der Waals surface area contributed by atoms with Gasteiger partial charge in [-0.15, -0.1) is 0 Å². The quantitative estimate of drug-likeness (QED) is 0.425. The van der Waals surface area contributed by atoms with Crippen molar-refractivity contribution in [2.75, 3.05) is 18.0 Å². The predicted molar refractivity (Wildman–Crippen MR) is 129 cm³/mol. The van der Waals surface area contributed by atoms with Crippen molar-refractivity contribution in [2.24, 2.45) is 11.8 Å². The van der Waals surface area contributed by atoms with Crippen LogP contribution in [-0.2, 0) is 6.42 Å². The van der Waals surface area contributed by atoms with Crippen LogP contribution in [0.2, 0.25) is 15.1 Å². The molecule has 11 heteroatoms. The number of halogens is 3. The number of aromatic amines is 1. The van der Waals surface area contributed by atoms with Gasteiger partial charge in [-0.25, -0.2) is 9.78 Å². The smallest absolute Gasteiger partial charge is 0.347 e. The molecule has 1 saturated heterocycles. The Labute approximate surface area is 208 Å². The van der Waals surface area contributed by atoms with Gasteiger partial charge in [-0.1, -0.05) is 58.3 Å². The average molecular weight is 526 g/mol. The molecule has 1 aliphatic heterocycles. The standard InChI is InChI=1S/C22H19Cl3N4O3S/c1-9-15(24)16(25)18(26-9)20(30)28-17-12-7-29(8-13(12)17)22-27-14(19(33-22)21(31)32)6-10-3-2-4-11(23)5-10/h2-5,12-13,17,26H,6-8H2,1H3,(H,28,30)(H,31,32)/t12-,13+,17?. The van der Waals surface area contributed by atoms with Gasteiger partial charge in [-0.3, -0.25) is 4.79 Å². The molecule has 3 heterocycles. The number of hydrogen-bond donors (Lipinski definition) is 3. The maximum Gasteiger partial charge on any atom is 0.347 e. The highest BCUT2D eigenvalue weighted by Crippen LogP contribution is 2.48. The molecule has 2 aromatic heterocycles. The maximum atomic E-state index is 12.6. The number of aromatic nitrogens is 2. The second kappa shape index (κ2) is 8.51. The normalized spacial score (nSPS) is 21.2. The number of nitrogens with one attached hydrogen (secondary N) is 2. The number of thiazole rings is 1. The van der Waals surface area contributed by atoms with Crippen LogP contribution in [0.3, 0.4) is 0 Å². The molecule has 0 bridgehead atoms. The number of H-pyrrole nitrogens is 1. The number of nitrogens with zero attached hydrogens (tertiary/aromatic N) is 2. The number of piperidine rings is 1. The summed E-state index contributed by atoms with van der Waals surface area (Å²) in [6.07, 6.45) is 0.400. The molecule has 1 unspecified atom stereocenters. The minimum atomic E-state index is -0.984. The number of hydrogen-bond acceptors (Lipinski definition) is 5. The summed E-state index contributed by atoms with van der Waals surface area (Å²) >= 11 is 19.5. The summed E-state index contributed by atoms with van der Waals surface area (Å²) in [5, 5.41) is 14.6. The van der Waals surface area contributed by atoms with Gasteiger partial charge in [0.25, 0.3) is 5.91 Å². The van der Waals surface area contributed by atoms with E-state index in [9.17, 15) is 14.7 Å². The van der Waals surface area contributed by atoms with E-state index in [4.69, 9.17) is 34.8 Å². The van der Waals surface area contributed by atoms with Crippen molar-refractivity contribution < 1.29 is 14.7 Å². The first-order valence-electron chi connectivity index (χ1n) is 10.3. The van der Waals surface area contributed by atoms with Crippen LogP contribution in [0.4, 0.5) is 5.13 Å². The third-order valence-corrected chi connectivity index (χ3v) is 8.51. The molecule has 1 saturated carbocycles. The van der Waals surface area contributed by atoms with Crippen LogP contribution in [-0.4, -0.2) is 46.1 Å². The summed E-state index contributed by atoms with van der Waals surface area (Å²) in [6.45, 7) is 3.17. The minimum absolute atomic E-state index is 0.0528. The number of aryl methyl sites for hydroxylation is 1. The molecule has 1 aliphatic carbocycles. The first kappa shape index (κ1) is 22.5. The van der Waals surface area contributed by atoms with Crippen molar-refractivity contribution in [2.45, 2.75) is 19.4 Å². The molecule has 7 nitrogen and oxygen atoms in total. The summed E-state index contributed by atoms with van der Waals surface area (Å²) in [6, 6.07) is 7.39. The van der Waals surface area contributed by atoms with Crippen molar-refractivity contribution in [1.29, 1.82) is 0 Å². The Kier molecular flexibility index (Phi) is 5.81. The minimum Gasteiger partial charge on any atom is -0.477 e. The van der Waals surface area contributed by atoms with Gasteiger partial charge < -0.3 is 20.3 Å². The van der Waals surface area contributed by atoms with Gasteiger partial charge in [-0.2, -0.15) is 0 Å². The Bertz CT molecular complexity index is 1260. The van der Waals surface area contributed by atoms with E-state index in [2.05, 4.69) is 20.2 Å². The van der Waals surface area contributed by atoms with Gasteiger partial charge in [0.1, 0.15) is 10.6 Å². The molecule has 33 heavy (non-hydrogen) atoms. The van der Waals surface area contributed by atoms with Crippen molar-refractivity contribution in [3.63, 3.8) is 0 Å². The van der Waals surface area contributed by atoms with Crippen LogP contribution in [0.15, 0.2) is 24.3 Å². The molecule has 2 fully saturated rings. The predicted octanol–water partition coefficient (Wildman–Crippen LogP) is 4.89. The fourth-order valence-electron chi connectivity index (χ4n) is 4.45. The van der Waals surface area contributed by atoms with Crippen LogP contribution < -0.4 is 10.2 Å². The van der Waals surface area contributed by atoms with Crippen LogP contribution in [0.1, 0.15) is 37.1 Å². The third kappa shape index (κ3) is 4.21. The van der Waals surface area contributed by atoms with Gasteiger partial charge in [0, 0.05) is 48.1 Å². The zero-order chi connectivity index (χ0) is 23.4. The van der Waals surface area contributed by atoms with Gasteiger partial charge in [0.05, 0.1) is 15.7 Å². The maximum absolute atomic E-state index is 12.6. The Hall–Kier alpha value is -2.26. The number of carboxylic acid groups (broad SMARTS) is 1. The summed E-state index contributed by atoms with van der Waals surface area (Å²) in [5.41, 5.74) is 2.37. The SMILES string of the molecule is Cc1[nH]c(C(=O)NC2[C@H]3CN(c4nc(Cc5cccc(Cl)c5)c(C(=O)O)s4)C[C@@H]23)c(Cl)c1Cl. The van der Waals surface area contributed by atoms with Crippen LogP contribution in [0.25, 0.3) is 0 Å². The number of benzene rings is 1. The van der Waals surface area contributed by atoms with E-state index in [0.29, 0.717) is 46.1 Å². The number of fused-ring (bicyclic) bond motifs is 1. The van der Waals surface area contributed by atoms with Gasteiger partial charge in [0.2, 0.25) is 0 Å². The number of carbonyl (C=O) groups excluding carboxylic acids is 1.